The van der Waals surface area contributed by atoms with Gasteiger partial charge in [0.15, 0.2) is 5.75 Å². The van der Waals surface area contributed by atoms with Crippen molar-refractivity contribution < 1.29 is 9.66 Å². The Balaban J connectivity index is 3.16. The van der Waals surface area contributed by atoms with Crippen LogP contribution in [-0.2, 0) is 0 Å². The fourth-order valence-electron chi connectivity index (χ4n) is 1.62. The average Bonchev–Trinajstić information content (AvgIpc) is 2.26. The lowest BCUT2D eigenvalue weighted by Crippen LogP contribution is -2.22. The first kappa shape index (κ1) is 14.4. The SMILES string of the molecule is CC(C)Oc1cc(C(C)C(C)N)ccc1[N+](=O)[O-]. The highest BCUT2D eigenvalue weighted by molar-refractivity contribution is 5.49. The lowest BCUT2D eigenvalue weighted by molar-refractivity contribution is -0.386. The molecule has 0 saturated heterocycles. The zero-order chi connectivity index (χ0) is 13.9. The minimum atomic E-state index is -0.433. The maximum atomic E-state index is 10.9. The third kappa shape index (κ3) is 3.43. The van der Waals surface area contributed by atoms with E-state index in [4.69, 9.17) is 10.5 Å². The highest BCUT2D eigenvalue weighted by Crippen LogP contribution is 2.32. The maximum Gasteiger partial charge on any atom is 0.310 e. The van der Waals surface area contributed by atoms with E-state index in [1.807, 2.05) is 27.7 Å². The van der Waals surface area contributed by atoms with E-state index in [1.165, 1.54) is 6.07 Å². The number of nitro benzene ring substituents is 1. The van der Waals surface area contributed by atoms with Crippen LogP contribution in [0, 0.1) is 10.1 Å². The third-order valence-electron chi connectivity index (χ3n) is 2.86. The molecule has 1 aromatic carbocycles. The van der Waals surface area contributed by atoms with Crippen molar-refractivity contribution in [2.45, 2.75) is 45.8 Å². The largest absolute Gasteiger partial charge is 0.484 e. The number of nitrogens with two attached hydrogens (primary N) is 1. The fourth-order valence-corrected chi connectivity index (χ4v) is 1.62. The summed E-state index contributed by atoms with van der Waals surface area (Å²) in [4.78, 5) is 10.5. The molecule has 0 saturated carbocycles. The molecule has 5 heteroatoms. The van der Waals surface area contributed by atoms with Gasteiger partial charge < -0.3 is 10.5 Å². The topological polar surface area (TPSA) is 78.4 Å². The van der Waals surface area contributed by atoms with Gasteiger partial charge in [-0.25, -0.2) is 0 Å². The van der Waals surface area contributed by atoms with Gasteiger partial charge in [-0.1, -0.05) is 13.0 Å². The van der Waals surface area contributed by atoms with E-state index in [0.717, 1.165) is 5.56 Å². The summed E-state index contributed by atoms with van der Waals surface area (Å²) in [5, 5.41) is 10.9. The first-order chi connectivity index (χ1) is 8.32. The van der Waals surface area contributed by atoms with Crippen LogP contribution in [-0.4, -0.2) is 17.1 Å². The molecule has 0 fully saturated rings. The molecule has 0 aliphatic rings. The van der Waals surface area contributed by atoms with Gasteiger partial charge in [0.1, 0.15) is 0 Å². The summed E-state index contributed by atoms with van der Waals surface area (Å²) in [5.74, 6) is 0.431. The zero-order valence-corrected chi connectivity index (χ0v) is 11.2. The molecule has 1 rings (SSSR count). The molecule has 0 radical (unpaired) electrons. The summed E-state index contributed by atoms with van der Waals surface area (Å²) in [5.41, 5.74) is 6.78. The van der Waals surface area contributed by atoms with Crippen molar-refractivity contribution in [3.8, 4) is 5.75 Å². The lowest BCUT2D eigenvalue weighted by atomic mass is 9.94. The summed E-state index contributed by atoms with van der Waals surface area (Å²) in [6.45, 7) is 7.58. The highest BCUT2D eigenvalue weighted by atomic mass is 16.6. The summed E-state index contributed by atoms with van der Waals surface area (Å²) in [6, 6.07) is 4.91. The van der Waals surface area contributed by atoms with Gasteiger partial charge in [-0.2, -0.15) is 0 Å². The standard InChI is InChI=1S/C13H20N2O3/c1-8(2)18-13-7-11(9(3)10(4)14)5-6-12(13)15(16)17/h5-10H,14H2,1-4H3. The average molecular weight is 252 g/mol. The van der Waals surface area contributed by atoms with E-state index in [0.29, 0.717) is 5.75 Å². The van der Waals surface area contributed by atoms with Crippen molar-refractivity contribution in [3.05, 3.63) is 33.9 Å². The number of nitrogens with zero attached hydrogens (tertiary/aromatic N) is 1. The Hall–Kier alpha value is -1.62. The molecule has 0 aliphatic heterocycles. The van der Waals surface area contributed by atoms with Crippen LogP contribution in [0.1, 0.15) is 39.2 Å². The predicted molar refractivity (Wildman–Crippen MR) is 70.9 cm³/mol. The van der Waals surface area contributed by atoms with Crippen molar-refractivity contribution in [3.63, 3.8) is 0 Å². The Morgan fingerprint density at radius 1 is 1.28 bits per heavy atom. The summed E-state index contributed by atoms with van der Waals surface area (Å²) >= 11 is 0. The number of ether oxygens (including phenoxy) is 1. The maximum absolute atomic E-state index is 10.9. The molecule has 0 heterocycles. The molecule has 1 aromatic rings. The quantitative estimate of drug-likeness (QED) is 0.645. The van der Waals surface area contributed by atoms with Gasteiger partial charge in [0.05, 0.1) is 11.0 Å². The summed E-state index contributed by atoms with van der Waals surface area (Å²) in [7, 11) is 0. The van der Waals surface area contributed by atoms with Gasteiger partial charge in [0.2, 0.25) is 0 Å². The second-order valence-corrected chi connectivity index (χ2v) is 4.80. The molecule has 0 bridgehead atoms. The van der Waals surface area contributed by atoms with Gasteiger partial charge in [-0.05, 0) is 38.3 Å². The Morgan fingerprint density at radius 2 is 1.89 bits per heavy atom. The van der Waals surface area contributed by atoms with Crippen molar-refractivity contribution in [1.82, 2.24) is 0 Å². The molecular weight excluding hydrogens is 232 g/mol. The molecule has 0 aromatic heterocycles. The van der Waals surface area contributed by atoms with Crippen LogP contribution < -0.4 is 10.5 Å². The smallest absolute Gasteiger partial charge is 0.310 e. The van der Waals surface area contributed by atoms with Crippen LogP contribution in [0.5, 0.6) is 5.75 Å². The number of benzene rings is 1. The molecule has 2 unspecified atom stereocenters. The lowest BCUT2D eigenvalue weighted by Gasteiger charge is -2.17. The van der Waals surface area contributed by atoms with Crippen molar-refractivity contribution in [1.29, 1.82) is 0 Å². The second kappa shape index (κ2) is 5.82. The van der Waals surface area contributed by atoms with Gasteiger partial charge in [-0.15, -0.1) is 0 Å². The van der Waals surface area contributed by atoms with Crippen LogP contribution in [0.25, 0.3) is 0 Å². The first-order valence-corrected chi connectivity index (χ1v) is 6.03. The Bertz CT molecular complexity index is 430. The van der Waals surface area contributed by atoms with Crippen LogP contribution in [0.4, 0.5) is 5.69 Å². The molecular formula is C13H20N2O3. The van der Waals surface area contributed by atoms with E-state index in [2.05, 4.69) is 0 Å². The third-order valence-corrected chi connectivity index (χ3v) is 2.86. The molecule has 5 nitrogen and oxygen atoms in total. The summed E-state index contributed by atoms with van der Waals surface area (Å²) < 4.78 is 5.49. The van der Waals surface area contributed by atoms with Crippen LogP contribution in [0.3, 0.4) is 0 Å². The van der Waals surface area contributed by atoms with Crippen molar-refractivity contribution in [2.24, 2.45) is 5.73 Å². The molecule has 2 atom stereocenters. The summed E-state index contributed by atoms with van der Waals surface area (Å²) in [6.07, 6.45) is -0.107. The van der Waals surface area contributed by atoms with Crippen molar-refractivity contribution in [2.75, 3.05) is 0 Å². The van der Waals surface area contributed by atoms with Gasteiger partial charge in [0, 0.05) is 12.1 Å². The van der Waals surface area contributed by atoms with E-state index >= 15 is 0 Å². The monoisotopic (exact) mass is 252 g/mol. The number of nitro groups is 1. The molecule has 0 aliphatic carbocycles. The molecule has 2 N–H and O–H groups in total. The van der Waals surface area contributed by atoms with Crippen LogP contribution in [0.2, 0.25) is 0 Å². The van der Waals surface area contributed by atoms with E-state index in [1.54, 1.807) is 12.1 Å². The molecule has 18 heavy (non-hydrogen) atoms. The van der Waals surface area contributed by atoms with Gasteiger partial charge >= 0.3 is 5.69 Å². The van der Waals surface area contributed by atoms with E-state index < -0.39 is 4.92 Å². The Labute approximate surface area is 107 Å². The van der Waals surface area contributed by atoms with E-state index in [-0.39, 0.29) is 23.8 Å². The molecule has 0 spiro atoms. The first-order valence-electron chi connectivity index (χ1n) is 6.03. The second-order valence-electron chi connectivity index (χ2n) is 4.80. The fraction of sp³-hybridized carbons (Fsp3) is 0.538. The van der Waals surface area contributed by atoms with Crippen molar-refractivity contribution >= 4 is 5.69 Å². The zero-order valence-electron chi connectivity index (χ0n) is 11.2. The molecule has 100 valence electrons. The number of hydrogen-bond acceptors (Lipinski definition) is 4. The van der Waals surface area contributed by atoms with E-state index in [9.17, 15) is 10.1 Å². The Kier molecular flexibility index (Phi) is 4.67. The van der Waals surface area contributed by atoms with Crippen LogP contribution in [0.15, 0.2) is 18.2 Å². The van der Waals surface area contributed by atoms with Gasteiger partial charge in [0.25, 0.3) is 0 Å². The minimum absolute atomic E-state index is 0.00988. The Morgan fingerprint density at radius 3 is 2.33 bits per heavy atom. The predicted octanol–water partition coefficient (Wildman–Crippen LogP) is 2.83. The normalized spacial score (nSPS) is 14.3. The number of hydrogen-bond donors (Lipinski definition) is 1. The minimum Gasteiger partial charge on any atom is -0.484 e. The molecule has 0 amide bonds. The highest BCUT2D eigenvalue weighted by Gasteiger charge is 2.19. The van der Waals surface area contributed by atoms with Crippen LogP contribution >= 0.6 is 0 Å². The number of rotatable bonds is 5. The van der Waals surface area contributed by atoms with Gasteiger partial charge in [-0.3, -0.25) is 10.1 Å².